The number of fused-ring (bicyclic) bond motifs is 1. The molecule has 2 N–H and O–H groups in total. The number of hydrogen-bond acceptors (Lipinski definition) is 3. The quantitative estimate of drug-likeness (QED) is 0.895. The van der Waals surface area contributed by atoms with Crippen molar-refractivity contribution in [1.82, 2.24) is 0 Å². The van der Waals surface area contributed by atoms with Crippen molar-refractivity contribution >= 4 is 29.0 Å². The van der Waals surface area contributed by atoms with Gasteiger partial charge >= 0.3 is 6.03 Å². The van der Waals surface area contributed by atoms with E-state index in [1.165, 1.54) is 6.92 Å². The summed E-state index contributed by atoms with van der Waals surface area (Å²) in [6.07, 6.45) is 0. The monoisotopic (exact) mass is 311 g/mol. The lowest BCUT2D eigenvalue weighted by atomic mass is 10.2. The van der Waals surface area contributed by atoms with Gasteiger partial charge in [-0.05, 0) is 30.3 Å². The Labute approximate surface area is 134 Å². The van der Waals surface area contributed by atoms with Gasteiger partial charge in [0.2, 0.25) is 5.91 Å². The fourth-order valence-corrected chi connectivity index (χ4v) is 2.44. The van der Waals surface area contributed by atoms with Crippen LogP contribution in [0.2, 0.25) is 0 Å². The third kappa shape index (κ3) is 3.42. The Morgan fingerprint density at radius 1 is 1.04 bits per heavy atom. The normalized spacial score (nSPS) is 12.8. The minimum atomic E-state index is -0.345. The molecule has 1 aliphatic heterocycles. The molecule has 0 spiro atoms. The van der Waals surface area contributed by atoms with E-state index in [9.17, 15) is 9.59 Å². The van der Waals surface area contributed by atoms with Crippen molar-refractivity contribution in [3.63, 3.8) is 0 Å². The average Bonchev–Trinajstić information content (AvgIpc) is 2.55. The van der Waals surface area contributed by atoms with Crippen LogP contribution in [0.15, 0.2) is 48.5 Å². The van der Waals surface area contributed by atoms with Crippen LogP contribution in [0.4, 0.5) is 21.9 Å². The second-order valence-corrected chi connectivity index (χ2v) is 5.15. The summed E-state index contributed by atoms with van der Waals surface area (Å²) in [6.45, 7) is 2.48. The number of urea groups is 1. The van der Waals surface area contributed by atoms with Crippen LogP contribution in [0.3, 0.4) is 0 Å². The molecule has 0 bridgehead atoms. The topological polar surface area (TPSA) is 70.7 Å². The van der Waals surface area contributed by atoms with Crippen molar-refractivity contribution in [2.45, 2.75) is 6.92 Å². The Kier molecular flexibility index (Phi) is 4.14. The van der Waals surface area contributed by atoms with Crippen LogP contribution in [0.5, 0.6) is 5.75 Å². The molecule has 0 aromatic heterocycles. The first-order valence-electron chi connectivity index (χ1n) is 7.31. The smallest absolute Gasteiger partial charge is 0.323 e. The highest BCUT2D eigenvalue weighted by Crippen LogP contribution is 2.34. The van der Waals surface area contributed by atoms with Crippen LogP contribution in [0, 0.1) is 0 Å². The Bertz CT molecular complexity index is 731. The molecule has 118 valence electrons. The fourth-order valence-electron chi connectivity index (χ4n) is 2.44. The lowest BCUT2D eigenvalue weighted by Crippen LogP contribution is -2.36. The van der Waals surface area contributed by atoms with Gasteiger partial charge in [0.1, 0.15) is 12.4 Å². The van der Waals surface area contributed by atoms with E-state index < -0.39 is 0 Å². The van der Waals surface area contributed by atoms with Crippen LogP contribution >= 0.6 is 0 Å². The van der Waals surface area contributed by atoms with Crippen molar-refractivity contribution in [2.24, 2.45) is 0 Å². The van der Waals surface area contributed by atoms with Crippen LogP contribution < -0.4 is 20.3 Å². The zero-order chi connectivity index (χ0) is 16.2. The van der Waals surface area contributed by atoms with E-state index >= 15 is 0 Å². The van der Waals surface area contributed by atoms with Gasteiger partial charge in [-0.3, -0.25) is 4.79 Å². The highest BCUT2D eigenvalue weighted by molar-refractivity contribution is 6.01. The summed E-state index contributed by atoms with van der Waals surface area (Å²) in [4.78, 5) is 25.4. The molecule has 0 unspecified atom stereocenters. The van der Waals surface area contributed by atoms with Crippen LogP contribution in [0.1, 0.15) is 6.92 Å². The number of ether oxygens (including phenoxy) is 1. The maximum atomic E-state index is 12.0. The van der Waals surface area contributed by atoms with Gasteiger partial charge in [0.15, 0.2) is 0 Å². The molecule has 1 aliphatic rings. The minimum absolute atomic E-state index is 0.0552. The molecule has 6 heteroatoms. The van der Waals surface area contributed by atoms with Crippen molar-refractivity contribution in [3.05, 3.63) is 48.5 Å². The molecule has 0 atom stereocenters. The molecule has 0 fully saturated rings. The number of nitrogens with zero attached hydrogens (tertiary/aromatic N) is 1. The Morgan fingerprint density at radius 2 is 1.78 bits per heavy atom. The molecule has 0 saturated carbocycles. The first-order chi connectivity index (χ1) is 11.1. The number of carbonyl (C=O) groups excluding carboxylic acids is 2. The molecule has 2 aromatic rings. The molecule has 3 amide bonds. The number of nitrogens with one attached hydrogen (secondary N) is 2. The standard InChI is InChI=1S/C17H17N3O3/c1-12(21)20-9-10-23-16-8-7-14(11-15(16)20)19-17(22)18-13-5-3-2-4-6-13/h2-8,11H,9-10H2,1H3,(H2,18,19,22). The maximum Gasteiger partial charge on any atom is 0.323 e. The largest absolute Gasteiger partial charge is 0.490 e. The number of amides is 3. The van der Waals surface area contributed by atoms with Gasteiger partial charge in [0.25, 0.3) is 0 Å². The summed E-state index contributed by atoms with van der Waals surface area (Å²) in [5.41, 5.74) is 1.96. The highest BCUT2D eigenvalue weighted by Gasteiger charge is 2.21. The number of rotatable bonds is 2. The van der Waals surface area contributed by atoms with Gasteiger partial charge < -0.3 is 20.3 Å². The van der Waals surface area contributed by atoms with E-state index in [0.717, 1.165) is 0 Å². The number of hydrogen-bond donors (Lipinski definition) is 2. The van der Waals surface area contributed by atoms with Gasteiger partial charge in [0.05, 0.1) is 12.2 Å². The van der Waals surface area contributed by atoms with E-state index in [-0.39, 0.29) is 11.9 Å². The zero-order valence-corrected chi connectivity index (χ0v) is 12.7. The maximum absolute atomic E-state index is 12.0. The minimum Gasteiger partial charge on any atom is -0.490 e. The molecule has 0 radical (unpaired) electrons. The molecular weight excluding hydrogens is 294 g/mol. The van der Waals surface area contributed by atoms with Gasteiger partial charge in [-0.15, -0.1) is 0 Å². The van der Waals surface area contributed by atoms with Crippen molar-refractivity contribution in [1.29, 1.82) is 0 Å². The predicted octanol–water partition coefficient (Wildman–Crippen LogP) is 3.08. The second kappa shape index (κ2) is 6.39. The Morgan fingerprint density at radius 3 is 2.52 bits per heavy atom. The van der Waals surface area contributed by atoms with Gasteiger partial charge in [-0.2, -0.15) is 0 Å². The Balaban J connectivity index is 1.75. The number of carbonyl (C=O) groups is 2. The van der Waals surface area contributed by atoms with Crippen molar-refractivity contribution in [3.8, 4) is 5.75 Å². The second-order valence-electron chi connectivity index (χ2n) is 5.15. The number of benzene rings is 2. The fraction of sp³-hybridized carbons (Fsp3) is 0.176. The summed E-state index contributed by atoms with van der Waals surface area (Å²) in [6, 6.07) is 14.1. The van der Waals surface area contributed by atoms with Crippen LogP contribution in [0.25, 0.3) is 0 Å². The van der Waals surface area contributed by atoms with Crippen LogP contribution in [-0.2, 0) is 4.79 Å². The van der Waals surface area contributed by atoms with Crippen LogP contribution in [-0.4, -0.2) is 25.1 Å². The average molecular weight is 311 g/mol. The van der Waals surface area contributed by atoms with Crippen molar-refractivity contribution < 1.29 is 14.3 Å². The predicted molar refractivity (Wildman–Crippen MR) is 89.0 cm³/mol. The van der Waals surface area contributed by atoms with Crippen molar-refractivity contribution in [2.75, 3.05) is 28.7 Å². The summed E-state index contributed by atoms with van der Waals surface area (Å²) in [5, 5.41) is 5.50. The first kappa shape index (κ1) is 14.9. The molecular formula is C17H17N3O3. The lowest BCUT2D eigenvalue weighted by Gasteiger charge is -2.29. The summed E-state index contributed by atoms with van der Waals surface area (Å²) in [5.74, 6) is 0.584. The van der Waals surface area contributed by atoms with E-state index in [0.29, 0.717) is 36.0 Å². The lowest BCUT2D eigenvalue weighted by molar-refractivity contribution is -0.116. The summed E-state index contributed by atoms with van der Waals surface area (Å²) < 4.78 is 5.54. The van der Waals surface area contributed by atoms with E-state index in [4.69, 9.17) is 4.74 Å². The highest BCUT2D eigenvalue weighted by atomic mass is 16.5. The molecule has 1 heterocycles. The molecule has 2 aromatic carbocycles. The zero-order valence-electron chi connectivity index (χ0n) is 12.7. The van der Waals surface area contributed by atoms with E-state index in [2.05, 4.69) is 10.6 Å². The SMILES string of the molecule is CC(=O)N1CCOc2ccc(NC(=O)Nc3ccccc3)cc21. The van der Waals surface area contributed by atoms with E-state index in [1.807, 2.05) is 18.2 Å². The van der Waals surface area contributed by atoms with E-state index in [1.54, 1.807) is 35.2 Å². The third-order valence-corrected chi connectivity index (χ3v) is 3.49. The Hall–Kier alpha value is -3.02. The third-order valence-electron chi connectivity index (χ3n) is 3.49. The van der Waals surface area contributed by atoms with Gasteiger partial charge in [0, 0.05) is 18.3 Å². The van der Waals surface area contributed by atoms with Gasteiger partial charge in [-0.25, -0.2) is 4.79 Å². The number of para-hydroxylation sites is 1. The number of anilines is 3. The molecule has 3 rings (SSSR count). The summed E-state index contributed by atoms with van der Waals surface area (Å²) >= 11 is 0. The molecule has 0 saturated heterocycles. The molecule has 0 aliphatic carbocycles. The van der Waals surface area contributed by atoms with Gasteiger partial charge in [-0.1, -0.05) is 18.2 Å². The molecule has 23 heavy (non-hydrogen) atoms. The summed E-state index contributed by atoms with van der Waals surface area (Å²) in [7, 11) is 0. The molecule has 6 nitrogen and oxygen atoms in total. The first-order valence-corrected chi connectivity index (χ1v) is 7.31.